The zero-order valence-corrected chi connectivity index (χ0v) is 13.5. The summed E-state index contributed by atoms with van der Waals surface area (Å²) in [7, 11) is 0. The molecule has 0 aromatic carbocycles. The summed E-state index contributed by atoms with van der Waals surface area (Å²) in [6.45, 7) is 0.923. The highest BCUT2D eigenvalue weighted by molar-refractivity contribution is 14.0. The third-order valence-corrected chi connectivity index (χ3v) is 4.62. The van der Waals surface area contributed by atoms with Gasteiger partial charge >= 0.3 is 0 Å². The minimum atomic E-state index is 0. The summed E-state index contributed by atoms with van der Waals surface area (Å²) in [5.41, 5.74) is 5.90. The molecule has 0 aromatic rings. The molecular formula is C12H24IN3S. The van der Waals surface area contributed by atoms with E-state index in [9.17, 15) is 0 Å². The molecule has 0 bridgehead atoms. The van der Waals surface area contributed by atoms with Crippen molar-refractivity contribution >= 4 is 41.7 Å². The van der Waals surface area contributed by atoms with E-state index in [1.54, 1.807) is 0 Å². The molecule has 1 saturated carbocycles. The third-order valence-electron chi connectivity index (χ3n) is 3.57. The van der Waals surface area contributed by atoms with E-state index in [2.05, 4.69) is 22.1 Å². The van der Waals surface area contributed by atoms with Crippen LogP contribution in [0.15, 0.2) is 4.99 Å². The number of hydrogen-bond acceptors (Lipinski definition) is 2. The Kier molecular flexibility index (Phi) is 7.66. The van der Waals surface area contributed by atoms with Crippen molar-refractivity contribution in [3.63, 3.8) is 0 Å². The topological polar surface area (TPSA) is 50.4 Å². The minimum Gasteiger partial charge on any atom is -0.370 e. The highest BCUT2D eigenvalue weighted by Gasteiger charge is 2.16. The number of hydrogen-bond donors (Lipinski definition) is 2. The van der Waals surface area contributed by atoms with Crippen molar-refractivity contribution in [2.45, 2.75) is 44.6 Å². The maximum Gasteiger partial charge on any atom is 0.188 e. The summed E-state index contributed by atoms with van der Waals surface area (Å²) in [6.07, 6.45) is 7.82. The summed E-state index contributed by atoms with van der Waals surface area (Å²) < 4.78 is 0. The number of rotatable bonds is 3. The van der Waals surface area contributed by atoms with Crippen LogP contribution in [0.5, 0.6) is 0 Å². The van der Waals surface area contributed by atoms with Crippen LogP contribution >= 0.6 is 35.7 Å². The smallest absolute Gasteiger partial charge is 0.188 e. The fraction of sp³-hybridized carbons (Fsp3) is 0.917. The first-order valence-electron chi connectivity index (χ1n) is 6.49. The fourth-order valence-electron chi connectivity index (χ4n) is 2.48. The number of halogens is 1. The molecule has 0 atom stereocenters. The van der Waals surface area contributed by atoms with E-state index in [-0.39, 0.29) is 24.0 Å². The Balaban J connectivity index is 0.00000144. The van der Waals surface area contributed by atoms with Crippen LogP contribution in [0.1, 0.15) is 38.5 Å². The van der Waals surface area contributed by atoms with Crippen LogP contribution in [-0.2, 0) is 0 Å². The van der Waals surface area contributed by atoms with Crippen molar-refractivity contribution in [3.8, 4) is 0 Å². The van der Waals surface area contributed by atoms with Gasteiger partial charge in [-0.15, -0.1) is 24.0 Å². The van der Waals surface area contributed by atoms with Gasteiger partial charge < -0.3 is 11.1 Å². The zero-order valence-electron chi connectivity index (χ0n) is 10.4. The van der Waals surface area contributed by atoms with Crippen molar-refractivity contribution in [1.29, 1.82) is 0 Å². The Labute approximate surface area is 126 Å². The predicted molar refractivity (Wildman–Crippen MR) is 87.3 cm³/mol. The molecule has 0 spiro atoms. The van der Waals surface area contributed by atoms with Crippen LogP contribution in [-0.4, -0.2) is 30.1 Å². The summed E-state index contributed by atoms with van der Waals surface area (Å²) in [6, 6.07) is 0.589. The number of nitrogens with two attached hydrogens (primary N) is 1. The Morgan fingerprint density at radius 1 is 1.18 bits per heavy atom. The highest BCUT2D eigenvalue weighted by atomic mass is 127. The van der Waals surface area contributed by atoms with Gasteiger partial charge in [-0.3, -0.25) is 4.99 Å². The van der Waals surface area contributed by atoms with Crippen molar-refractivity contribution in [3.05, 3.63) is 0 Å². The van der Waals surface area contributed by atoms with Crippen molar-refractivity contribution in [2.75, 3.05) is 18.1 Å². The van der Waals surface area contributed by atoms with E-state index >= 15 is 0 Å². The molecule has 3 N–H and O–H groups in total. The van der Waals surface area contributed by atoms with Crippen LogP contribution in [0, 0.1) is 5.92 Å². The highest BCUT2D eigenvalue weighted by Crippen LogP contribution is 2.22. The van der Waals surface area contributed by atoms with Gasteiger partial charge in [-0.1, -0.05) is 12.8 Å². The summed E-state index contributed by atoms with van der Waals surface area (Å²) >= 11 is 2.06. The van der Waals surface area contributed by atoms with E-state index in [0.29, 0.717) is 12.0 Å². The Morgan fingerprint density at radius 2 is 1.82 bits per heavy atom. The Bertz CT molecular complexity index is 236. The van der Waals surface area contributed by atoms with E-state index in [1.165, 1.54) is 50.0 Å². The molecule has 0 unspecified atom stereocenters. The second kappa shape index (κ2) is 8.45. The van der Waals surface area contributed by atoms with Gasteiger partial charge in [0.05, 0.1) is 0 Å². The fourth-order valence-corrected chi connectivity index (χ4v) is 3.69. The number of aliphatic imine (C=N–C) groups is 1. The molecule has 1 heterocycles. The molecule has 2 fully saturated rings. The van der Waals surface area contributed by atoms with Gasteiger partial charge in [0.15, 0.2) is 5.96 Å². The van der Waals surface area contributed by atoms with Gasteiger partial charge in [0.2, 0.25) is 0 Å². The second-order valence-corrected chi connectivity index (χ2v) is 6.13. The largest absolute Gasteiger partial charge is 0.370 e. The van der Waals surface area contributed by atoms with Crippen LogP contribution < -0.4 is 11.1 Å². The zero-order chi connectivity index (χ0) is 11.2. The summed E-state index contributed by atoms with van der Waals surface area (Å²) in [5, 5.41) is 3.34. The first-order chi connectivity index (χ1) is 7.84. The van der Waals surface area contributed by atoms with Crippen molar-refractivity contribution < 1.29 is 0 Å². The SMILES string of the molecule is I.NC(=NCC1CCSCC1)NC1CCCC1. The molecule has 17 heavy (non-hydrogen) atoms. The molecule has 1 aliphatic heterocycles. The molecule has 1 saturated heterocycles. The standard InChI is InChI=1S/C12H23N3S.HI/c13-12(15-11-3-1-2-4-11)14-9-10-5-7-16-8-6-10;/h10-11H,1-9H2,(H3,13,14,15);1H. The monoisotopic (exact) mass is 369 g/mol. The van der Waals surface area contributed by atoms with Crippen LogP contribution in [0.3, 0.4) is 0 Å². The molecule has 2 aliphatic rings. The maximum atomic E-state index is 5.90. The summed E-state index contributed by atoms with van der Waals surface area (Å²) in [4.78, 5) is 4.49. The van der Waals surface area contributed by atoms with Gasteiger partial charge in [-0.05, 0) is 43.1 Å². The predicted octanol–water partition coefficient (Wildman–Crippen LogP) is 2.59. The van der Waals surface area contributed by atoms with Gasteiger partial charge in [-0.2, -0.15) is 11.8 Å². The van der Waals surface area contributed by atoms with Gasteiger partial charge in [0, 0.05) is 12.6 Å². The summed E-state index contributed by atoms with van der Waals surface area (Å²) in [5.74, 6) is 4.04. The Hall–Kier alpha value is 0.350. The molecule has 0 amide bonds. The number of guanidine groups is 1. The Morgan fingerprint density at radius 3 is 2.47 bits per heavy atom. The second-order valence-electron chi connectivity index (χ2n) is 4.91. The molecule has 3 nitrogen and oxygen atoms in total. The van der Waals surface area contributed by atoms with Crippen molar-refractivity contribution in [2.24, 2.45) is 16.6 Å². The van der Waals surface area contributed by atoms with Crippen LogP contribution in [0.25, 0.3) is 0 Å². The molecule has 0 radical (unpaired) electrons. The van der Waals surface area contributed by atoms with E-state index < -0.39 is 0 Å². The molecular weight excluding hydrogens is 345 g/mol. The number of thioether (sulfide) groups is 1. The lowest BCUT2D eigenvalue weighted by Gasteiger charge is -2.20. The average Bonchev–Trinajstić information content (AvgIpc) is 2.81. The molecule has 1 aliphatic carbocycles. The van der Waals surface area contributed by atoms with Gasteiger partial charge in [-0.25, -0.2) is 0 Å². The van der Waals surface area contributed by atoms with Gasteiger partial charge in [0.1, 0.15) is 0 Å². The van der Waals surface area contributed by atoms with E-state index in [1.807, 2.05) is 0 Å². The molecule has 2 rings (SSSR count). The first kappa shape index (κ1) is 15.4. The molecule has 100 valence electrons. The van der Waals surface area contributed by atoms with E-state index in [4.69, 9.17) is 5.73 Å². The molecule has 5 heteroatoms. The van der Waals surface area contributed by atoms with Crippen LogP contribution in [0.2, 0.25) is 0 Å². The molecule has 0 aromatic heterocycles. The van der Waals surface area contributed by atoms with E-state index in [0.717, 1.165) is 12.5 Å². The quantitative estimate of drug-likeness (QED) is 0.457. The third kappa shape index (κ3) is 5.68. The van der Waals surface area contributed by atoms with Gasteiger partial charge in [0.25, 0.3) is 0 Å². The lowest BCUT2D eigenvalue weighted by molar-refractivity contribution is 0.501. The first-order valence-corrected chi connectivity index (χ1v) is 7.64. The minimum absolute atomic E-state index is 0. The maximum absolute atomic E-state index is 5.90. The average molecular weight is 369 g/mol. The van der Waals surface area contributed by atoms with Crippen molar-refractivity contribution in [1.82, 2.24) is 5.32 Å². The lowest BCUT2D eigenvalue weighted by Crippen LogP contribution is -2.39. The lowest BCUT2D eigenvalue weighted by atomic mass is 10.0. The van der Waals surface area contributed by atoms with Crippen LogP contribution in [0.4, 0.5) is 0 Å². The number of nitrogens with zero attached hydrogens (tertiary/aromatic N) is 1. The number of nitrogens with one attached hydrogen (secondary N) is 1. The normalized spacial score (nSPS) is 23.4.